The molecule has 0 radical (unpaired) electrons. The van der Waals surface area contributed by atoms with Crippen LogP contribution in [0.2, 0.25) is 0 Å². The predicted octanol–water partition coefficient (Wildman–Crippen LogP) is 2.72. The average molecular weight is 401 g/mol. The first kappa shape index (κ1) is 19.8. The van der Waals surface area contributed by atoms with E-state index in [9.17, 15) is 4.79 Å². The smallest absolute Gasteiger partial charge is 0.258 e. The Labute approximate surface area is 175 Å². The van der Waals surface area contributed by atoms with Gasteiger partial charge in [0.2, 0.25) is 0 Å². The quantitative estimate of drug-likeness (QED) is 0.419. The lowest BCUT2D eigenvalue weighted by molar-refractivity contribution is -0.122. The Balaban J connectivity index is 1.35. The summed E-state index contributed by atoms with van der Waals surface area (Å²) in [4.78, 5) is 16.4. The number of nitrogens with zero attached hydrogens (tertiary/aromatic N) is 2. The molecule has 1 fully saturated rings. The van der Waals surface area contributed by atoms with Crippen molar-refractivity contribution in [2.75, 3.05) is 0 Å². The number of para-hydroxylation sites is 1. The van der Waals surface area contributed by atoms with E-state index in [0.717, 1.165) is 22.4 Å². The zero-order valence-corrected chi connectivity index (χ0v) is 16.4. The van der Waals surface area contributed by atoms with Gasteiger partial charge in [-0.3, -0.25) is 9.78 Å². The van der Waals surface area contributed by atoms with Crippen LogP contribution in [-0.2, 0) is 11.4 Å². The molecule has 1 aromatic heterocycles. The van der Waals surface area contributed by atoms with E-state index in [1.807, 2.05) is 66.7 Å². The van der Waals surface area contributed by atoms with E-state index < -0.39 is 6.04 Å². The largest absolute Gasteiger partial charge is 0.489 e. The summed E-state index contributed by atoms with van der Waals surface area (Å²) in [7, 11) is 0. The number of nitrogens with one attached hydrogen (secondary N) is 3. The van der Waals surface area contributed by atoms with Crippen molar-refractivity contribution in [2.45, 2.75) is 25.1 Å². The van der Waals surface area contributed by atoms with Gasteiger partial charge in [-0.2, -0.15) is 5.10 Å². The summed E-state index contributed by atoms with van der Waals surface area (Å²) in [6, 6.07) is 21.1. The average Bonchev–Trinajstić information content (AvgIpc) is 3.30. The molecule has 7 heteroatoms. The van der Waals surface area contributed by atoms with Crippen LogP contribution in [0, 0.1) is 0 Å². The Morgan fingerprint density at radius 3 is 2.77 bits per heavy atom. The predicted molar refractivity (Wildman–Crippen MR) is 115 cm³/mol. The van der Waals surface area contributed by atoms with E-state index in [4.69, 9.17) is 4.74 Å². The van der Waals surface area contributed by atoms with Crippen molar-refractivity contribution in [1.29, 1.82) is 0 Å². The highest BCUT2D eigenvalue weighted by molar-refractivity contribution is 5.84. The minimum atomic E-state index is -0.400. The number of pyridine rings is 1. The molecule has 2 unspecified atom stereocenters. The minimum Gasteiger partial charge on any atom is -0.489 e. The molecule has 0 spiro atoms. The molecule has 0 saturated carbocycles. The molecule has 0 bridgehead atoms. The maximum atomic E-state index is 12.4. The molecule has 0 aliphatic carbocycles. The van der Waals surface area contributed by atoms with Crippen LogP contribution in [0.3, 0.4) is 0 Å². The fraction of sp³-hybridized carbons (Fsp3) is 0.174. The van der Waals surface area contributed by atoms with Gasteiger partial charge >= 0.3 is 0 Å². The minimum absolute atomic E-state index is 0.0463. The first-order valence-corrected chi connectivity index (χ1v) is 9.79. The summed E-state index contributed by atoms with van der Waals surface area (Å²) < 4.78 is 6.05. The van der Waals surface area contributed by atoms with Gasteiger partial charge in [0.1, 0.15) is 18.4 Å². The van der Waals surface area contributed by atoms with Crippen LogP contribution in [0.1, 0.15) is 29.2 Å². The second-order valence-electron chi connectivity index (χ2n) is 6.96. The Bertz CT molecular complexity index is 995. The summed E-state index contributed by atoms with van der Waals surface area (Å²) in [6.45, 7) is 0.491. The molecular weight excluding hydrogens is 378 g/mol. The molecule has 2 aromatic carbocycles. The van der Waals surface area contributed by atoms with Gasteiger partial charge in [0.15, 0.2) is 0 Å². The normalized spacial score (nSPS) is 18.4. The number of hydrogen-bond acceptors (Lipinski definition) is 6. The van der Waals surface area contributed by atoms with Gasteiger partial charge in [-0.05, 0) is 24.1 Å². The third-order valence-electron chi connectivity index (χ3n) is 4.82. The van der Waals surface area contributed by atoms with E-state index >= 15 is 0 Å². The number of hydrogen-bond donors (Lipinski definition) is 3. The summed E-state index contributed by atoms with van der Waals surface area (Å²) in [5.74, 6) is 0.601. The summed E-state index contributed by atoms with van der Waals surface area (Å²) in [5, 5.41) is 4.01. The number of hydrazone groups is 1. The molecule has 7 nitrogen and oxygen atoms in total. The molecule has 3 aromatic rings. The van der Waals surface area contributed by atoms with Crippen LogP contribution < -0.4 is 21.0 Å². The zero-order valence-electron chi connectivity index (χ0n) is 16.4. The lowest BCUT2D eigenvalue weighted by Gasteiger charge is -2.16. The van der Waals surface area contributed by atoms with Crippen molar-refractivity contribution >= 4 is 12.1 Å². The van der Waals surface area contributed by atoms with Crippen molar-refractivity contribution < 1.29 is 9.53 Å². The van der Waals surface area contributed by atoms with Crippen LogP contribution in [-0.4, -0.2) is 23.1 Å². The van der Waals surface area contributed by atoms with Crippen molar-refractivity contribution in [3.05, 3.63) is 95.8 Å². The number of aromatic nitrogens is 1. The molecule has 152 valence electrons. The number of ether oxygens (including phenoxy) is 1. The molecular formula is C23H23N5O2. The van der Waals surface area contributed by atoms with E-state index in [-0.39, 0.29) is 11.9 Å². The number of benzene rings is 2. The van der Waals surface area contributed by atoms with Crippen LogP contribution in [0.15, 0.2) is 84.2 Å². The standard InChI is InChI=1S/C23H23N5O2/c29-23(28-25-15-18-9-6-12-24-14-18)21-13-20(26-27-21)19-10-4-5-11-22(19)30-16-17-7-2-1-3-8-17/h1-12,14-15,20-21,26-27H,13,16H2,(H,28,29)/b25-15+. The van der Waals surface area contributed by atoms with Crippen molar-refractivity contribution in [2.24, 2.45) is 5.10 Å². The van der Waals surface area contributed by atoms with Gasteiger partial charge in [0.05, 0.1) is 12.3 Å². The van der Waals surface area contributed by atoms with Gasteiger partial charge in [-0.15, -0.1) is 0 Å². The van der Waals surface area contributed by atoms with E-state index in [2.05, 4.69) is 26.4 Å². The molecule has 1 amide bonds. The highest BCUT2D eigenvalue weighted by Gasteiger charge is 2.31. The van der Waals surface area contributed by atoms with Gasteiger partial charge in [-0.1, -0.05) is 54.6 Å². The second-order valence-corrected chi connectivity index (χ2v) is 6.96. The Morgan fingerprint density at radius 2 is 1.93 bits per heavy atom. The summed E-state index contributed by atoms with van der Waals surface area (Å²) >= 11 is 0. The third-order valence-corrected chi connectivity index (χ3v) is 4.82. The highest BCUT2D eigenvalue weighted by Crippen LogP contribution is 2.30. The van der Waals surface area contributed by atoms with Crippen molar-refractivity contribution in [3.63, 3.8) is 0 Å². The molecule has 30 heavy (non-hydrogen) atoms. The Kier molecular flexibility index (Phi) is 6.44. The highest BCUT2D eigenvalue weighted by atomic mass is 16.5. The van der Waals surface area contributed by atoms with E-state index in [1.54, 1.807) is 18.6 Å². The van der Waals surface area contributed by atoms with E-state index in [1.165, 1.54) is 0 Å². The Hall–Kier alpha value is -3.55. The SMILES string of the molecule is O=C(N/N=C/c1cccnc1)C1CC(c2ccccc2OCc2ccccc2)NN1. The monoisotopic (exact) mass is 401 g/mol. The molecule has 2 atom stereocenters. The molecule has 4 rings (SSSR count). The van der Waals surface area contributed by atoms with Gasteiger partial charge in [0.25, 0.3) is 5.91 Å². The van der Waals surface area contributed by atoms with Gasteiger partial charge in [0, 0.05) is 23.5 Å². The molecule has 1 saturated heterocycles. The maximum Gasteiger partial charge on any atom is 0.258 e. The summed E-state index contributed by atoms with van der Waals surface area (Å²) in [5.41, 5.74) is 11.8. The van der Waals surface area contributed by atoms with Crippen molar-refractivity contribution in [1.82, 2.24) is 21.3 Å². The first-order chi connectivity index (χ1) is 14.8. The number of carbonyl (C=O) groups excluding carboxylic acids is 1. The topological polar surface area (TPSA) is 87.6 Å². The Morgan fingerprint density at radius 1 is 1.10 bits per heavy atom. The second kappa shape index (κ2) is 9.78. The molecule has 1 aliphatic rings. The number of amides is 1. The van der Waals surface area contributed by atoms with E-state index in [0.29, 0.717) is 13.0 Å². The molecule has 2 heterocycles. The lowest BCUT2D eigenvalue weighted by Crippen LogP contribution is -2.41. The first-order valence-electron chi connectivity index (χ1n) is 9.79. The zero-order chi connectivity index (χ0) is 20.6. The number of hydrazine groups is 1. The fourth-order valence-corrected chi connectivity index (χ4v) is 3.27. The number of rotatable bonds is 7. The fourth-order valence-electron chi connectivity index (χ4n) is 3.27. The maximum absolute atomic E-state index is 12.4. The van der Waals surface area contributed by atoms with Crippen LogP contribution in [0.4, 0.5) is 0 Å². The lowest BCUT2D eigenvalue weighted by atomic mass is 10.0. The van der Waals surface area contributed by atoms with Crippen LogP contribution in [0.5, 0.6) is 5.75 Å². The number of carbonyl (C=O) groups is 1. The van der Waals surface area contributed by atoms with Gasteiger partial charge < -0.3 is 4.74 Å². The van der Waals surface area contributed by atoms with Crippen LogP contribution >= 0.6 is 0 Å². The molecule has 1 aliphatic heterocycles. The van der Waals surface area contributed by atoms with Crippen LogP contribution in [0.25, 0.3) is 0 Å². The molecule has 3 N–H and O–H groups in total. The van der Waals surface area contributed by atoms with Crippen molar-refractivity contribution in [3.8, 4) is 5.75 Å². The third kappa shape index (κ3) is 5.08. The van der Waals surface area contributed by atoms with Gasteiger partial charge in [-0.25, -0.2) is 16.3 Å². The summed E-state index contributed by atoms with van der Waals surface area (Å²) in [6.07, 6.45) is 5.51.